The standard InChI is InChI=1S/C13H24O10S/c1-21-12-9(19)8(18)11(5(3-15)22-12)24-13-10(20)7(17)6(16)4(2-14)23-13/h4-20H,2-3H2,1H3/t4-,5-,6+,7+,8-,9-,10-,11-,12+,13+/m1/s1. The first-order chi connectivity index (χ1) is 11.3. The van der Waals surface area contributed by atoms with Crippen molar-refractivity contribution >= 4 is 11.8 Å². The Balaban J connectivity index is 2.12. The first kappa shape index (κ1) is 20.3. The summed E-state index contributed by atoms with van der Waals surface area (Å²) in [6, 6.07) is 0. The molecule has 7 N–H and O–H groups in total. The Labute approximate surface area is 142 Å². The van der Waals surface area contributed by atoms with E-state index in [1.807, 2.05) is 0 Å². The second kappa shape index (κ2) is 8.56. The number of ether oxygens (including phenoxy) is 3. The average molecular weight is 372 g/mol. The third kappa shape index (κ3) is 3.86. The molecule has 2 aliphatic rings. The molecule has 0 aromatic carbocycles. The van der Waals surface area contributed by atoms with Gasteiger partial charge in [0.1, 0.15) is 36.0 Å². The van der Waals surface area contributed by atoms with Crippen molar-refractivity contribution in [1.29, 1.82) is 0 Å². The molecule has 2 saturated heterocycles. The molecule has 0 spiro atoms. The van der Waals surface area contributed by atoms with Crippen molar-refractivity contribution in [3.63, 3.8) is 0 Å². The van der Waals surface area contributed by atoms with E-state index in [0.717, 1.165) is 11.8 Å². The van der Waals surface area contributed by atoms with Crippen LogP contribution in [0.15, 0.2) is 0 Å². The molecule has 0 aromatic rings. The topological polar surface area (TPSA) is 169 Å². The maximum Gasteiger partial charge on any atom is 0.186 e. The number of aliphatic hydroxyl groups is 7. The molecule has 11 heteroatoms. The Kier molecular flexibility index (Phi) is 7.22. The lowest BCUT2D eigenvalue weighted by molar-refractivity contribution is -0.260. The molecule has 2 heterocycles. The maximum atomic E-state index is 10.3. The molecular formula is C13H24O10S. The minimum atomic E-state index is -1.56. The highest BCUT2D eigenvalue weighted by Gasteiger charge is 2.50. The van der Waals surface area contributed by atoms with Crippen LogP contribution in [0.3, 0.4) is 0 Å². The number of aliphatic hydroxyl groups excluding tert-OH is 7. The molecule has 2 aliphatic heterocycles. The number of methoxy groups -OCH3 is 1. The van der Waals surface area contributed by atoms with E-state index in [-0.39, 0.29) is 0 Å². The summed E-state index contributed by atoms with van der Waals surface area (Å²) in [4.78, 5) is 0. The molecule has 10 nitrogen and oxygen atoms in total. The van der Waals surface area contributed by atoms with E-state index >= 15 is 0 Å². The molecule has 0 aromatic heterocycles. The molecule has 2 fully saturated rings. The van der Waals surface area contributed by atoms with Crippen LogP contribution in [0.5, 0.6) is 0 Å². The number of rotatable bonds is 5. The van der Waals surface area contributed by atoms with Gasteiger partial charge in [-0.2, -0.15) is 0 Å². The van der Waals surface area contributed by atoms with Gasteiger partial charge in [0.05, 0.1) is 30.7 Å². The smallest absolute Gasteiger partial charge is 0.186 e. The van der Waals surface area contributed by atoms with Crippen LogP contribution >= 0.6 is 11.8 Å². The minimum absolute atomic E-state index is 0.487. The number of hydrogen-bond acceptors (Lipinski definition) is 11. The number of hydrogen-bond donors (Lipinski definition) is 7. The lowest BCUT2D eigenvalue weighted by Crippen LogP contribution is -2.61. The molecule has 0 bridgehead atoms. The van der Waals surface area contributed by atoms with Crippen molar-refractivity contribution in [3.05, 3.63) is 0 Å². The third-order valence-corrected chi connectivity index (χ3v) is 5.75. The Morgan fingerprint density at radius 1 is 0.792 bits per heavy atom. The largest absolute Gasteiger partial charge is 0.394 e. The van der Waals surface area contributed by atoms with Gasteiger partial charge in [0, 0.05) is 7.11 Å². The van der Waals surface area contributed by atoms with Gasteiger partial charge < -0.3 is 50.0 Å². The second-order valence-electron chi connectivity index (χ2n) is 5.74. The Bertz CT molecular complexity index is 397. The maximum absolute atomic E-state index is 10.3. The molecule has 0 amide bonds. The third-order valence-electron chi connectivity index (χ3n) is 4.19. The van der Waals surface area contributed by atoms with Crippen LogP contribution in [-0.4, -0.2) is 116 Å². The van der Waals surface area contributed by atoms with Gasteiger partial charge in [-0.3, -0.25) is 0 Å². The van der Waals surface area contributed by atoms with Crippen LogP contribution < -0.4 is 0 Å². The van der Waals surface area contributed by atoms with Crippen LogP contribution in [0.2, 0.25) is 0 Å². The predicted molar refractivity (Wildman–Crippen MR) is 79.9 cm³/mol. The summed E-state index contributed by atoms with van der Waals surface area (Å²) in [5, 5.41) is 67.6. The summed E-state index contributed by atoms with van der Waals surface area (Å²) in [5.41, 5.74) is -1.12. The lowest BCUT2D eigenvalue weighted by Gasteiger charge is -2.45. The molecule has 2 rings (SSSR count). The van der Waals surface area contributed by atoms with Crippen LogP contribution in [0, 0.1) is 0 Å². The van der Waals surface area contributed by atoms with Gasteiger partial charge in [0.2, 0.25) is 0 Å². The monoisotopic (exact) mass is 372 g/mol. The van der Waals surface area contributed by atoms with Gasteiger partial charge >= 0.3 is 0 Å². The minimum Gasteiger partial charge on any atom is -0.394 e. The van der Waals surface area contributed by atoms with E-state index in [0.29, 0.717) is 0 Å². The van der Waals surface area contributed by atoms with Gasteiger partial charge in [-0.05, 0) is 0 Å². The highest BCUT2D eigenvalue weighted by molar-refractivity contribution is 8.00. The summed E-state index contributed by atoms with van der Waals surface area (Å²) in [7, 11) is 1.28. The highest BCUT2D eigenvalue weighted by Crippen LogP contribution is 2.37. The van der Waals surface area contributed by atoms with Crippen LogP contribution in [0.25, 0.3) is 0 Å². The fourth-order valence-corrected chi connectivity index (χ4v) is 4.24. The van der Waals surface area contributed by atoms with Crippen LogP contribution in [0.1, 0.15) is 0 Å². The Morgan fingerprint density at radius 2 is 1.42 bits per heavy atom. The van der Waals surface area contributed by atoms with Gasteiger partial charge in [0.15, 0.2) is 6.29 Å². The predicted octanol–water partition coefficient (Wildman–Crippen LogP) is -4.03. The molecule has 10 atom stereocenters. The van der Waals surface area contributed by atoms with Gasteiger partial charge in [0.25, 0.3) is 0 Å². The lowest BCUT2D eigenvalue weighted by atomic mass is 10.0. The second-order valence-corrected chi connectivity index (χ2v) is 7.02. The number of thioether (sulfide) groups is 1. The van der Waals surface area contributed by atoms with Crippen molar-refractivity contribution in [2.45, 2.75) is 59.7 Å². The Hall–Kier alpha value is -0.0500. The molecule has 0 aliphatic carbocycles. The van der Waals surface area contributed by atoms with E-state index in [2.05, 4.69) is 0 Å². The van der Waals surface area contributed by atoms with Crippen molar-refractivity contribution in [1.82, 2.24) is 0 Å². The summed E-state index contributed by atoms with van der Waals surface area (Å²) < 4.78 is 15.6. The van der Waals surface area contributed by atoms with E-state index in [1.165, 1.54) is 7.11 Å². The van der Waals surface area contributed by atoms with E-state index in [4.69, 9.17) is 14.2 Å². The summed E-state index contributed by atoms with van der Waals surface area (Å²) in [6.45, 7) is -1.07. The van der Waals surface area contributed by atoms with Crippen LogP contribution in [0.4, 0.5) is 0 Å². The van der Waals surface area contributed by atoms with Gasteiger partial charge in [-0.25, -0.2) is 0 Å². The average Bonchev–Trinajstić information content (AvgIpc) is 2.59. The van der Waals surface area contributed by atoms with E-state index in [1.54, 1.807) is 0 Å². The molecule has 142 valence electrons. The summed E-state index contributed by atoms with van der Waals surface area (Å²) >= 11 is 0.827. The quantitative estimate of drug-likeness (QED) is 0.251. The molecule has 24 heavy (non-hydrogen) atoms. The first-order valence-corrected chi connectivity index (χ1v) is 8.41. The first-order valence-electron chi connectivity index (χ1n) is 7.46. The zero-order valence-corrected chi connectivity index (χ0v) is 13.8. The van der Waals surface area contributed by atoms with E-state index in [9.17, 15) is 35.7 Å². The Morgan fingerprint density at radius 3 is 1.96 bits per heavy atom. The molecular weight excluding hydrogens is 348 g/mol. The molecule has 0 saturated carbocycles. The fraction of sp³-hybridized carbons (Fsp3) is 1.00. The van der Waals surface area contributed by atoms with Gasteiger partial charge in [-0.1, -0.05) is 0 Å². The SMILES string of the molecule is CO[C@H]1O[C@H](CO)[C@@H](S[C@@H]2O[C@H](CO)[C@H](O)[C@H](O)[C@H]2O)[C@H](O)[C@H]1O. The molecule has 0 unspecified atom stereocenters. The summed E-state index contributed by atoms with van der Waals surface area (Å²) in [5.74, 6) is 0. The van der Waals surface area contributed by atoms with Crippen molar-refractivity contribution in [2.75, 3.05) is 20.3 Å². The van der Waals surface area contributed by atoms with Crippen molar-refractivity contribution in [2.24, 2.45) is 0 Å². The zero-order valence-electron chi connectivity index (χ0n) is 13.0. The van der Waals surface area contributed by atoms with Gasteiger partial charge in [-0.15, -0.1) is 11.8 Å². The van der Waals surface area contributed by atoms with Crippen LogP contribution in [-0.2, 0) is 14.2 Å². The van der Waals surface area contributed by atoms with Crippen molar-refractivity contribution in [3.8, 4) is 0 Å². The summed E-state index contributed by atoms with van der Waals surface area (Å²) in [6.07, 6.45) is -10.4. The van der Waals surface area contributed by atoms with E-state index < -0.39 is 72.9 Å². The zero-order chi connectivity index (χ0) is 18.0. The molecule has 0 radical (unpaired) electrons. The highest BCUT2D eigenvalue weighted by atomic mass is 32.2. The van der Waals surface area contributed by atoms with Crippen molar-refractivity contribution < 1.29 is 50.0 Å². The fourth-order valence-electron chi connectivity index (χ4n) is 2.75. The normalized spacial score (nSPS) is 50.0.